The normalized spacial score (nSPS) is 12.5. The van der Waals surface area contributed by atoms with Crippen molar-refractivity contribution in [1.29, 1.82) is 0 Å². The number of pyridine rings is 1. The molecule has 0 saturated heterocycles. The summed E-state index contributed by atoms with van der Waals surface area (Å²) in [6, 6.07) is 13.8. The molecule has 0 saturated carbocycles. The van der Waals surface area contributed by atoms with Crippen molar-refractivity contribution in [3.05, 3.63) is 65.5 Å². The van der Waals surface area contributed by atoms with E-state index in [1.165, 1.54) is 5.56 Å². The summed E-state index contributed by atoms with van der Waals surface area (Å²) in [7, 11) is 1.77. The summed E-state index contributed by atoms with van der Waals surface area (Å²) in [6.07, 6.45) is 1.78. The average molecular weight is 568 g/mol. The fourth-order valence-corrected chi connectivity index (χ4v) is 3.08. The van der Waals surface area contributed by atoms with E-state index < -0.39 is 6.10 Å². The first-order valence-electron chi connectivity index (χ1n) is 11.1. The van der Waals surface area contributed by atoms with E-state index in [-0.39, 0.29) is 41.8 Å². The molecule has 33 heavy (non-hydrogen) atoms. The molecule has 0 aliphatic heterocycles. The molecule has 1 aromatic heterocycles. The number of aromatic nitrogens is 1. The highest BCUT2D eigenvalue weighted by Crippen LogP contribution is 2.23. The number of guanidine groups is 1. The molecule has 2 aromatic rings. The van der Waals surface area contributed by atoms with Crippen LogP contribution in [0.5, 0.6) is 0 Å². The number of aliphatic hydroxyl groups excluding tert-OH is 1. The van der Waals surface area contributed by atoms with Gasteiger partial charge in [0.2, 0.25) is 5.91 Å². The van der Waals surface area contributed by atoms with E-state index >= 15 is 0 Å². The molecule has 182 valence electrons. The van der Waals surface area contributed by atoms with Gasteiger partial charge in [-0.25, -0.2) is 4.99 Å². The smallest absolute Gasteiger partial charge is 0.244 e. The van der Waals surface area contributed by atoms with Gasteiger partial charge in [0.05, 0.1) is 6.10 Å². The zero-order valence-electron chi connectivity index (χ0n) is 20.3. The maximum Gasteiger partial charge on any atom is 0.244 e. The lowest BCUT2D eigenvalue weighted by Gasteiger charge is -2.20. The molecule has 3 N–H and O–H groups in total. The Hall–Kier alpha value is -2.20. The molecule has 8 heteroatoms. The van der Waals surface area contributed by atoms with Gasteiger partial charge in [-0.3, -0.25) is 9.78 Å². The number of benzene rings is 1. The summed E-state index contributed by atoms with van der Waals surface area (Å²) in [4.78, 5) is 22.8. The van der Waals surface area contributed by atoms with Gasteiger partial charge in [-0.1, -0.05) is 51.1 Å². The van der Waals surface area contributed by atoms with Gasteiger partial charge in [-0.15, -0.1) is 24.0 Å². The first-order chi connectivity index (χ1) is 15.2. The minimum absolute atomic E-state index is 0. The van der Waals surface area contributed by atoms with Crippen LogP contribution in [0.15, 0.2) is 53.7 Å². The molecule has 1 unspecified atom stereocenters. The Morgan fingerprint density at radius 2 is 1.85 bits per heavy atom. The van der Waals surface area contributed by atoms with Crippen LogP contribution in [0.4, 0.5) is 0 Å². The number of halogens is 1. The van der Waals surface area contributed by atoms with Crippen molar-refractivity contribution in [2.75, 3.05) is 33.2 Å². The molecule has 1 amide bonds. The van der Waals surface area contributed by atoms with Crippen LogP contribution < -0.4 is 10.6 Å². The summed E-state index contributed by atoms with van der Waals surface area (Å²) in [5, 5.41) is 16.8. The van der Waals surface area contributed by atoms with Crippen LogP contribution in [0, 0.1) is 0 Å². The van der Waals surface area contributed by atoms with Crippen molar-refractivity contribution >= 4 is 35.8 Å². The number of aliphatic imine (C=N–C) groups is 1. The molecule has 0 spiro atoms. The van der Waals surface area contributed by atoms with Crippen molar-refractivity contribution in [2.24, 2.45) is 4.99 Å². The van der Waals surface area contributed by atoms with E-state index in [2.05, 4.69) is 53.5 Å². The van der Waals surface area contributed by atoms with E-state index in [0.29, 0.717) is 32.0 Å². The lowest BCUT2D eigenvalue weighted by atomic mass is 9.86. The van der Waals surface area contributed by atoms with Gasteiger partial charge in [0.25, 0.3) is 0 Å². The fourth-order valence-electron chi connectivity index (χ4n) is 3.08. The predicted molar refractivity (Wildman–Crippen MR) is 145 cm³/mol. The third kappa shape index (κ3) is 10.1. The summed E-state index contributed by atoms with van der Waals surface area (Å²) in [5.74, 6) is 0.431. The van der Waals surface area contributed by atoms with E-state index in [1.807, 2.05) is 37.3 Å². The number of hydrogen-bond acceptors (Lipinski definition) is 4. The second-order valence-electron chi connectivity index (χ2n) is 8.85. The van der Waals surface area contributed by atoms with Crippen molar-refractivity contribution in [1.82, 2.24) is 20.5 Å². The van der Waals surface area contributed by atoms with Crippen molar-refractivity contribution in [3.63, 3.8) is 0 Å². The van der Waals surface area contributed by atoms with Gasteiger partial charge in [0, 0.05) is 45.0 Å². The first kappa shape index (κ1) is 28.8. The molecule has 0 radical (unpaired) electrons. The van der Waals surface area contributed by atoms with E-state index in [9.17, 15) is 9.90 Å². The highest BCUT2D eigenvalue weighted by atomic mass is 127. The Morgan fingerprint density at radius 1 is 1.15 bits per heavy atom. The molecule has 0 bridgehead atoms. The summed E-state index contributed by atoms with van der Waals surface area (Å²) in [5.41, 5.74) is 3.09. The maximum atomic E-state index is 12.4. The number of likely N-dealkylation sites (N-methyl/N-ethyl adjacent to an activating group) is 1. The van der Waals surface area contributed by atoms with Gasteiger partial charge in [0.1, 0.15) is 6.54 Å². The summed E-state index contributed by atoms with van der Waals surface area (Å²) in [6.45, 7) is 10.0. The van der Waals surface area contributed by atoms with E-state index in [0.717, 1.165) is 11.3 Å². The minimum Gasteiger partial charge on any atom is -0.387 e. The molecule has 1 heterocycles. The van der Waals surface area contributed by atoms with Crippen LogP contribution in [0.1, 0.15) is 50.6 Å². The van der Waals surface area contributed by atoms with Gasteiger partial charge < -0.3 is 20.6 Å². The average Bonchev–Trinajstić information content (AvgIpc) is 2.79. The quantitative estimate of drug-likeness (QED) is 0.246. The lowest BCUT2D eigenvalue weighted by molar-refractivity contribution is -0.128. The molecule has 0 aliphatic carbocycles. The summed E-state index contributed by atoms with van der Waals surface area (Å²) < 4.78 is 0. The predicted octanol–water partition coefficient (Wildman–Crippen LogP) is 3.29. The Morgan fingerprint density at radius 3 is 2.42 bits per heavy atom. The van der Waals surface area contributed by atoms with Crippen LogP contribution in [0.3, 0.4) is 0 Å². The number of carbonyl (C=O) groups excluding carboxylic acids is 1. The zero-order valence-corrected chi connectivity index (χ0v) is 22.7. The number of nitrogens with one attached hydrogen (secondary N) is 2. The SMILES string of the molecule is CCNC(=NCC(=O)N(C)CCc1ccccn1)NCC(O)c1ccc(C(C)(C)C)cc1.I. The molecule has 1 aromatic carbocycles. The van der Waals surface area contributed by atoms with Gasteiger partial charge in [0.15, 0.2) is 5.96 Å². The number of nitrogens with zero attached hydrogens (tertiary/aromatic N) is 3. The first-order valence-corrected chi connectivity index (χ1v) is 11.1. The van der Waals surface area contributed by atoms with Crippen LogP contribution in [-0.4, -0.2) is 60.1 Å². The monoisotopic (exact) mass is 567 g/mol. The third-order valence-electron chi connectivity index (χ3n) is 5.20. The van der Waals surface area contributed by atoms with Crippen LogP contribution in [0.2, 0.25) is 0 Å². The van der Waals surface area contributed by atoms with Crippen molar-refractivity contribution in [3.8, 4) is 0 Å². The third-order valence-corrected chi connectivity index (χ3v) is 5.20. The largest absolute Gasteiger partial charge is 0.387 e. The fraction of sp³-hybridized carbons (Fsp3) is 0.480. The maximum absolute atomic E-state index is 12.4. The summed E-state index contributed by atoms with van der Waals surface area (Å²) >= 11 is 0. The molecule has 0 fully saturated rings. The standard InChI is InChI=1S/C25H37N5O2.HI/c1-6-26-24(28-17-22(31)19-10-12-20(13-11-19)25(2,3)4)29-18-23(32)30(5)16-14-21-9-7-8-15-27-21;/h7-13,15,22,31H,6,14,16-18H2,1-5H3,(H2,26,28,29);1H. The Labute approximate surface area is 215 Å². The molecule has 7 nitrogen and oxygen atoms in total. The Bertz CT molecular complexity index is 867. The second-order valence-corrected chi connectivity index (χ2v) is 8.85. The van der Waals surface area contributed by atoms with Gasteiger partial charge in [-0.2, -0.15) is 0 Å². The van der Waals surface area contributed by atoms with E-state index in [4.69, 9.17) is 0 Å². The number of amides is 1. The number of aliphatic hydroxyl groups is 1. The number of rotatable bonds is 9. The second kappa shape index (κ2) is 14.1. The van der Waals surface area contributed by atoms with Gasteiger partial charge in [-0.05, 0) is 35.6 Å². The van der Waals surface area contributed by atoms with Crippen molar-refractivity contribution in [2.45, 2.75) is 45.6 Å². The molecule has 2 rings (SSSR count). The zero-order chi connectivity index (χ0) is 23.6. The minimum atomic E-state index is -0.676. The van der Waals surface area contributed by atoms with Gasteiger partial charge >= 0.3 is 0 Å². The molecule has 0 aliphatic rings. The van der Waals surface area contributed by atoms with Crippen LogP contribution in [-0.2, 0) is 16.6 Å². The van der Waals surface area contributed by atoms with Crippen molar-refractivity contribution < 1.29 is 9.90 Å². The molecular formula is C25H38IN5O2. The van der Waals surface area contributed by atoms with E-state index in [1.54, 1.807) is 18.1 Å². The topological polar surface area (TPSA) is 89.9 Å². The lowest BCUT2D eigenvalue weighted by Crippen LogP contribution is -2.40. The number of hydrogen-bond donors (Lipinski definition) is 3. The Balaban J connectivity index is 0.00000544. The van der Waals surface area contributed by atoms with Crippen LogP contribution in [0.25, 0.3) is 0 Å². The van der Waals surface area contributed by atoms with Crippen LogP contribution >= 0.6 is 24.0 Å². The highest BCUT2D eigenvalue weighted by molar-refractivity contribution is 14.0. The Kier molecular flexibility index (Phi) is 12.4. The number of carbonyl (C=O) groups is 1. The molecular weight excluding hydrogens is 529 g/mol. The molecule has 1 atom stereocenters. The highest BCUT2D eigenvalue weighted by Gasteiger charge is 2.15.